The smallest absolute Gasteiger partial charge is 0.0725 e. The first-order valence-corrected chi connectivity index (χ1v) is 6.52. The molecule has 2 aliphatic rings. The molecule has 0 radical (unpaired) electrons. The van der Waals surface area contributed by atoms with Gasteiger partial charge in [0.2, 0.25) is 0 Å². The number of hydrogen-bond acceptors (Lipinski definition) is 3. The number of nitrogens with one attached hydrogen (secondary N) is 1. The summed E-state index contributed by atoms with van der Waals surface area (Å²) in [5.74, 6) is 0.875. The zero-order valence-electron chi connectivity index (χ0n) is 9.73. The van der Waals surface area contributed by atoms with Crippen LogP contribution in [0.2, 0.25) is 0 Å². The second-order valence-electron chi connectivity index (χ2n) is 5.20. The number of nitrogens with zero attached hydrogens (tertiary/aromatic N) is 3. The Kier molecular flexibility index (Phi) is 2.91. The molecule has 1 atom stereocenters. The van der Waals surface area contributed by atoms with Gasteiger partial charge in [-0.05, 0) is 38.1 Å². The van der Waals surface area contributed by atoms with Crippen molar-refractivity contribution in [3.63, 3.8) is 0 Å². The van der Waals surface area contributed by atoms with E-state index >= 15 is 0 Å². The first-order valence-electron chi connectivity index (χ1n) is 6.52. The van der Waals surface area contributed by atoms with Crippen LogP contribution in [0.1, 0.15) is 37.8 Å². The molecule has 3 rings (SSSR count). The Morgan fingerprint density at radius 2 is 2.25 bits per heavy atom. The van der Waals surface area contributed by atoms with Crippen molar-refractivity contribution in [3.05, 3.63) is 11.9 Å². The first kappa shape index (κ1) is 10.3. The van der Waals surface area contributed by atoms with Crippen LogP contribution < -0.4 is 5.32 Å². The Labute approximate surface area is 96.4 Å². The van der Waals surface area contributed by atoms with Gasteiger partial charge in [-0.25, -0.2) is 4.68 Å². The van der Waals surface area contributed by atoms with E-state index in [0.717, 1.165) is 18.9 Å². The van der Waals surface area contributed by atoms with E-state index in [2.05, 4.69) is 20.3 Å². The van der Waals surface area contributed by atoms with Crippen LogP contribution in [0.5, 0.6) is 0 Å². The molecule has 1 aliphatic carbocycles. The molecule has 88 valence electrons. The molecule has 16 heavy (non-hydrogen) atoms. The van der Waals surface area contributed by atoms with Crippen molar-refractivity contribution < 1.29 is 0 Å². The molecule has 1 saturated heterocycles. The molecular weight excluding hydrogens is 200 g/mol. The molecule has 4 heteroatoms. The van der Waals surface area contributed by atoms with Gasteiger partial charge in [0.25, 0.3) is 0 Å². The van der Waals surface area contributed by atoms with E-state index in [4.69, 9.17) is 0 Å². The molecule has 1 saturated carbocycles. The average Bonchev–Trinajstić information content (AvgIpc) is 3.02. The Morgan fingerprint density at radius 3 is 3.00 bits per heavy atom. The molecule has 1 N–H and O–H groups in total. The van der Waals surface area contributed by atoms with Crippen molar-refractivity contribution in [3.8, 4) is 0 Å². The van der Waals surface area contributed by atoms with Gasteiger partial charge in [-0.15, -0.1) is 5.10 Å². The molecule has 0 amide bonds. The van der Waals surface area contributed by atoms with Crippen molar-refractivity contribution in [2.75, 3.05) is 6.54 Å². The molecule has 0 bridgehead atoms. The van der Waals surface area contributed by atoms with Crippen LogP contribution in [0.25, 0.3) is 0 Å². The van der Waals surface area contributed by atoms with E-state index < -0.39 is 0 Å². The molecule has 2 heterocycles. The highest BCUT2D eigenvalue weighted by Crippen LogP contribution is 2.30. The molecule has 2 fully saturated rings. The van der Waals surface area contributed by atoms with Crippen LogP contribution in [0, 0.1) is 5.92 Å². The Bertz CT molecular complexity index is 337. The van der Waals surface area contributed by atoms with Crippen molar-refractivity contribution in [1.29, 1.82) is 0 Å². The number of hydrogen-bond donors (Lipinski definition) is 1. The average molecular weight is 220 g/mol. The van der Waals surface area contributed by atoms with Crippen LogP contribution in [-0.2, 0) is 13.0 Å². The predicted octanol–water partition coefficient (Wildman–Crippen LogP) is 1.37. The van der Waals surface area contributed by atoms with Gasteiger partial charge < -0.3 is 5.32 Å². The van der Waals surface area contributed by atoms with E-state index in [1.165, 1.54) is 44.3 Å². The largest absolute Gasteiger partial charge is 0.314 e. The van der Waals surface area contributed by atoms with Crippen molar-refractivity contribution >= 4 is 0 Å². The van der Waals surface area contributed by atoms with Gasteiger partial charge in [0, 0.05) is 19.0 Å². The fourth-order valence-corrected chi connectivity index (χ4v) is 2.49. The van der Waals surface area contributed by atoms with Gasteiger partial charge >= 0.3 is 0 Å². The summed E-state index contributed by atoms with van der Waals surface area (Å²) in [6.45, 7) is 2.26. The zero-order chi connectivity index (χ0) is 10.8. The number of aromatic nitrogens is 3. The maximum absolute atomic E-state index is 4.20. The van der Waals surface area contributed by atoms with Gasteiger partial charge in [0.1, 0.15) is 0 Å². The van der Waals surface area contributed by atoms with E-state index in [1.54, 1.807) is 0 Å². The van der Waals surface area contributed by atoms with Gasteiger partial charge in [-0.2, -0.15) is 0 Å². The summed E-state index contributed by atoms with van der Waals surface area (Å²) in [6, 6.07) is 0.644. The summed E-state index contributed by atoms with van der Waals surface area (Å²) in [4.78, 5) is 0. The third kappa shape index (κ3) is 2.43. The molecule has 0 aromatic carbocycles. The highest BCUT2D eigenvalue weighted by molar-refractivity contribution is 4.99. The van der Waals surface area contributed by atoms with Gasteiger partial charge in [-0.3, -0.25) is 0 Å². The summed E-state index contributed by atoms with van der Waals surface area (Å²) < 4.78 is 2.12. The maximum Gasteiger partial charge on any atom is 0.0725 e. The van der Waals surface area contributed by atoms with Crippen LogP contribution in [0.4, 0.5) is 0 Å². The van der Waals surface area contributed by atoms with E-state index in [9.17, 15) is 0 Å². The first-order chi connectivity index (χ1) is 7.92. The summed E-state index contributed by atoms with van der Waals surface area (Å²) in [7, 11) is 0. The Morgan fingerprint density at radius 1 is 1.31 bits per heavy atom. The predicted molar refractivity (Wildman–Crippen MR) is 62.1 cm³/mol. The lowest BCUT2D eigenvalue weighted by molar-refractivity contribution is 0.388. The molecule has 1 aromatic heterocycles. The van der Waals surface area contributed by atoms with Crippen molar-refractivity contribution in [1.82, 2.24) is 20.3 Å². The highest BCUT2D eigenvalue weighted by Gasteiger charge is 2.24. The van der Waals surface area contributed by atoms with Crippen LogP contribution in [0.3, 0.4) is 0 Å². The van der Waals surface area contributed by atoms with Gasteiger partial charge in [0.15, 0.2) is 0 Å². The summed E-state index contributed by atoms with van der Waals surface area (Å²) >= 11 is 0. The fraction of sp³-hybridized carbons (Fsp3) is 0.833. The molecule has 0 spiro atoms. The molecule has 1 aromatic rings. The highest BCUT2D eigenvalue weighted by atomic mass is 15.4. The quantitative estimate of drug-likeness (QED) is 0.833. The third-order valence-corrected chi connectivity index (χ3v) is 3.69. The lowest BCUT2D eigenvalue weighted by Crippen LogP contribution is -2.36. The zero-order valence-corrected chi connectivity index (χ0v) is 9.73. The number of piperidine rings is 1. The second kappa shape index (κ2) is 4.53. The normalized spacial score (nSPS) is 25.9. The third-order valence-electron chi connectivity index (χ3n) is 3.69. The number of rotatable bonds is 4. The monoisotopic (exact) mass is 220 g/mol. The van der Waals surface area contributed by atoms with E-state index in [0.29, 0.717) is 6.04 Å². The summed E-state index contributed by atoms with van der Waals surface area (Å²) in [6.07, 6.45) is 9.78. The van der Waals surface area contributed by atoms with E-state index in [-0.39, 0.29) is 0 Å². The molecule has 1 aliphatic heterocycles. The topological polar surface area (TPSA) is 42.7 Å². The Hall–Kier alpha value is -0.900. The lowest BCUT2D eigenvalue weighted by Gasteiger charge is -2.23. The van der Waals surface area contributed by atoms with Gasteiger partial charge in [0.05, 0.1) is 11.9 Å². The van der Waals surface area contributed by atoms with E-state index in [1.807, 2.05) is 6.20 Å². The van der Waals surface area contributed by atoms with Gasteiger partial charge in [-0.1, -0.05) is 11.6 Å². The molecular formula is C12H20N4. The maximum atomic E-state index is 4.20. The van der Waals surface area contributed by atoms with Crippen molar-refractivity contribution in [2.24, 2.45) is 5.92 Å². The molecule has 4 nitrogen and oxygen atoms in total. The minimum Gasteiger partial charge on any atom is -0.314 e. The SMILES string of the molecule is c1nnn(CC2CC2)c1CC1CCCCN1. The standard InChI is InChI=1S/C12H20N4/c1-2-6-13-11(3-1)7-12-8-14-15-16(12)9-10-4-5-10/h8,10-11,13H,1-7,9H2. The minimum atomic E-state index is 0.644. The fourth-order valence-electron chi connectivity index (χ4n) is 2.49. The second-order valence-corrected chi connectivity index (χ2v) is 5.20. The lowest BCUT2D eigenvalue weighted by atomic mass is 10.0. The van der Waals surface area contributed by atoms with Crippen LogP contribution in [-0.4, -0.2) is 27.6 Å². The van der Waals surface area contributed by atoms with Crippen molar-refractivity contribution in [2.45, 2.75) is 51.1 Å². The summed E-state index contributed by atoms with van der Waals surface area (Å²) in [5, 5.41) is 11.8. The molecule has 1 unspecified atom stereocenters. The Balaban J connectivity index is 1.61. The van der Waals surface area contributed by atoms with Crippen LogP contribution in [0.15, 0.2) is 6.20 Å². The summed E-state index contributed by atoms with van der Waals surface area (Å²) in [5.41, 5.74) is 1.31. The van der Waals surface area contributed by atoms with Crippen LogP contribution >= 0.6 is 0 Å². The minimum absolute atomic E-state index is 0.644.